The smallest absolute Gasteiger partial charge is 0.301 e. The lowest BCUT2D eigenvalue weighted by molar-refractivity contribution is -0.132. The zero-order chi connectivity index (χ0) is 29.9. The Morgan fingerprint density at radius 1 is 0.837 bits per heavy atom. The van der Waals surface area contributed by atoms with Gasteiger partial charge in [-0.2, -0.15) is 0 Å². The number of hydrogen-bond acceptors (Lipinski definition) is 8. The monoisotopic (exact) mass is 589 g/mol. The van der Waals surface area contributed by atoms with Crippen LogP contribution in [0.25, 0.3) is 5.76 Å². The van der Waals surface area contributed by atoms with Gasteiger partial charge < -0.3 is 14.6 Å². The summed E-state index contributed by atoms with van der Waals surface area (Å²) < 4.78 is 11.9. The molecule has 0 spiro atoms. The zero-order valence-corrected chi connectivity index (χ0v) is 24.2. The summed E-state index contributed by atoms with van der Waals surface area (Å²) in [5.41, 5.74) is 3.07. The minimum Gasteiger partial charge on any atom is -0.507 e. The van der Waals surface area contributed by atoms with Crippen LogP contribution >= 0.6 is 11.3 Å². The number of anilines is 1. The average molecular weight is 590 g/mol. The number of para-hydroxylation sites is 1. The highest BCUT2D eigenvalue weighted by Gasteiger charge is 2.48. The van der Waals surface area contributed by atoms with Crippen molar-refractivity contribution >= 4 is 33.9 Å². The van der Waals surface area contributed by atoms with Crippen molar-refractivity contribution < 1.29 is 24.2 Å². The van der Waals surface area contributed by atoms with Crippen LogP contribution in [0.1, 0.15) is 33.3 Å². The predicted molar refractivity (Wildman–Crippen MR) is 164 cm³/mol. The number of benzene rings is 4. The maximum absolute atomic E-state index is 13.5. The fourth-order valence-corrected chi connectivity index (χ4v) is 5.65. The van der Waals surface area contributed by atoms with E-state index < -0.39 is 17.7 Å². The van der Waals surface area contributed by atoms with Crippen LogP contribution in [0.3, 0.4) is 0 Å². The number of rotatable bonds is 8. The first-order valence-corrected chi connectivity index (χ1v) is 14.4. The molecule has 1 saturated heterocycles. The van der Waals surface area contributed by atoms with Crippen LogP contribution in [0.5, 0.6) is 17.2 Å². The number of carbonyl (C=O) groups excluding carboxylic acids is 2. The van der Waals surface area contributed by atoms with E-state index in [1.807, 2.05) is 55.5 Å². The number of carbonyl (C=O) groups is 2. The number of ether oxygens (including phenoxy) is 2. The number of amides is 1. The largest absolute Gasteiger partial charge is 0.507 e. The summed E-state index contributed by atoms with van der Waals surface area (Å²) in [6, 6.07) is 30.2. The number of ketones is 1. The molecule has 0 saturated carbocycles. The van der Waals surface area contributed by atoms with Crippen molar-refractivity contribution in [1.82, 2.24) is 10.2 Å². The first-order valence-electron chi connectivity index (χ1n) is 13.6. The maximum Gasteiger partial charge on any atom is 0.301 e. The number of aromatic nitrogens is 2. The van der Waals surface area contributed by atoms with Gasteiger partial charge in [0.25, 0.3) is 5.78 Å². The molecule has 214 valence electrons. The summed E-state index contributed by atoms with van der Waals surface area (Å²) in [6.45, 7) is 4.18. The van der Waals surface area contributed by atoms with Gasteiger partial charge in [-0.25, -0.2) is 0 Å². The maximum atomic E-state index is 13.5. The molecule has 6 rings (SSSR count). The van der Waals surface area contributed by atoms with E-state index in [9.17, 15) is 14.7 Å². The minimum absolute atomic E-state index is 0.0526. The molecule has 0 bridgehead atoms. The van der Waals surface area contributed by atoms with Crippen LogP contribution in [0.2, 0.25) is 0 Å². The highest BCUT2D eigenvalue weighted by Crippen LogP contribution is 2.44. The van der Waals surface area contributed by atoms with Crippen molar-refractivity contribution in [3.8, 4) is 17.2 Å². The van der Waals surface area contributed by atoms with Gasteiger partial charge in [-0.05, 0) is 73.5 Å². The van der Waals surface area contributed by atoms with Crippen molar-refractivity contribution in [2.24, 2.45) is 0 Å². The summed E-state index contributed by atoms with van der Waals surface area (Å²) in [6.07, 6.45) is 0. The molecular formula is C34H27N3O5S. The second kappa shape index (κ2) is 11.9. The van der Waals surface area contributed by atoms with E-state index in [4.69, 9.17) is 9.47 Å². The molecule has 1 aliphatic heterocycles. The van der Waals surface area contributed by atoms with Crippen LogP contribution < -0.4 is 14.4 Å². The van der Waals surface area contributed by atoms with Crippen molar-refractivity contribution in [1.29, 1.82) is 0 Å². The highest BCUT2D eigenvalue weighted by molar-refractivity contribution is 7.15. The molecule has 2 heterocycles. The fourth-order valence-electron chi connectivity index (χ4n) is 4.93. The van der Waals surface area contributed by atoms with Gasteiger partial charge in [-0.1, -0.05) is 71.5 Å². The number of nitrogens with zero attached hydrogens (tertiary/aromatic N) is 3. The molecule has 0 unspecified atom stereocenters. The molecule has 1 amide bonds. The number of Topliss-reactive ketones (excluding diaryl/α,β-unsaturated/α-hetero) is 1. The lowest BCUT2D eigenvalue weighted by Crippen LogP contribution is -2.29. The Labute approximate surface area is 252 Å². The van der Waals surface area contributed by atoms with Gasteiger partial charge in [-0.15, -0.1) is 10.2 Å². The van der Waals surface area contributed by atoms with E-state index >= 15 is 0 Å². The van der Waals surface area contributed by atoms with Gasteiger partial charge in [0.15, 0.2) is 0 Å². The predicted octanol–water partition coefficient (Wildman–Crippen LogP) is 7.15. The Kier molecular flexibility index (Phi) is 7.72. The van der Waals surface area contributed by atoms with Gasteiger partial charge in [0.1, 0.15) is 34.6 Å². The van der Waals surface area contributed by atoms with E-state index in [-0.39, 0.29) is 16.5 Å². The third kappa shape index (κ3) is 5.89. The molecular weight excluding hydrogens is 562 g/mol. The van der Waals surface area contributed by atoms with E-state index in [1.54, 1.807) is 55.5 Å². The Hall–Kier alpha value is -5.28. The number of aliphatic hydroxyl groups excluding tert-OH is 1. The molecule has 4 aromatic carbocycles. The summed E-state index contributed by atoms with van der Waals surface area (Å²) in [5.74, 6) is -0.160. The summed E-state index contributed by atoms with van der Waals surface area (Å²) in [5, 5.41) is 20.6. The SMILES string of the molecule is Cc1cccc(COc2ccc(C(O)=C3C(=O)C(=O)N(c4nnc(C)s4)[C@H]3c3cccc(Oc4ccccc4)c3)cc2)c1. The minimum atomic E-state index is -0.955. The van der Waals surface area contributed by atoms with Gasteiger partial charge >= 0.3 is 5.91 Å². The van der Waals surface area contributed by atoms with E-state index in [0.29, 0.717) is 40.0 Å². The molecule has 1 fully saturated rings. The summed E-state index contributed by atoms with van der Waals surface area (Å²) >= 11 is 1.19. The fraction of sp³-hybridized carbons (Fsp3) is 0.118. The second-order valence-corrected chi connectivity index (χ2v) is 11.2. The van der Waals surface area contributed by atoms with E-state index in [0.717, 1.165) is 11.1 Å². The van der Waals surface area contributed by atoms with Crippen LogP contribution in [0.15, 0.2) is 109 Å². The summed E-state index contributed by atoms with van der Waals surface area (Å²) in [7, 11) is 0. The van der Waals surface area contributed by atoms with Gasteiger partial charge in [-0.3, -0.25) is 14.5 Å². The third-order valence-electron chi connectivity index (χ3n) is 6.93. The molecule has 1 N–H and O–H groups in total. The summed E-state index contributed by atoms with van der Waals surface area (Å²) in [4.78, 5) is 28.2. The van der Waals surface area contributed by atoms with Crippen LogP contribution in [0, 0.1) is 13.8 Å². The van der Waals surface area contributed by atoms with Crippen LogP contribution in [0.4, 0.5) is 5.13 Å². The van der Waals surface area contributed by atoms with Gasteiger partial charge in [0.05, 0.1) is 11.6 Å². The highest BCUT2D eigenvalue weighted by atomic mass is 32.1. The number of aryl methyl sites for hydroxylation is 2. The first kappa shape index (κ1) is 27.9. The normalized spacial score (nSPS) is 16.0. The molecule has 0 radical (unpaired) electrons. The molecule has 1 aromatic heterocycles. The first-order chi connectivity index (χ1) is 20.9. The van der Waals surface area contributed by atoms with Crippen molar-refractivity contribution in [2.75, 3.05) is 4.90 Å². The van der Waals surface area contributed by atoms with E-state index in [2.05, 4.69) is 16.3 Å². The number of aliphatic hydroxyl groups is 1. The van der Waals surface area contributed by atoms with E-state index in [1.165, 1.54) is 16.2 Å². The lowest BCUT2D eigenvalue weighted by Gasteiger charge is -2.23. The molecule has 9 heteroatoms. The third-order valence-corrected chi connectivity index (χ3v) is 7.77. The lowest BCUT2D eigenvalue weighted by atomic mass is 9.95. The second-order valence-electron chi connectivity index (χ2n) is 10.1. The Morgan fingerprint density at radius 3 is 2.30 bits per heavy atom. The molecule has 1 atom stereocenters. The molecule has 0 aliphatic carbocycles. The topological polar surface area (TPSA) is 102 Å². The Balaban J connectivity index is 1.36. The Bertz CT molecular complexity index is 1830. The zero-order valence-electron chi connectivity index (χ0n) is 23.4. The number of hydrogen-bond donors (Lipinski definition) is 1. The van der Waals surface area contributed by atoms with Crippen molar-refractivity contribution in [3.05, 3.63) is 136 Å². The molecule has 1 aliphatic rings. The van der Waals surface area contributed by atoms with Crippen LogP contribution in [-0.2, 0) is 16.2 Å². The quantitative estimate of drug-likeness (QED) is 0.116. The standard InChI is InChI=1S/C34H27N3O5S/c1-21-8-6-9-23(18-21)20-41-26-16-14-24(15-17-26)31(38)29-30(37(33(40)32(29)39)34-36-35-22(2)43-34)25-10-7-13-28(19-25)42-27-11-4-3-5-12-27/h3-19,30,38H,20H2,1-2H3/t30-/m0/s1. The van der Waals surface area contributed by atoms with Crippen LogP contribution in [-0.4, -0.2) is 27.0 Å². The van der Waals surface area contributed by atoms with Gasteiger partial charge in [0, 0.05) is 5.56 Å². The van der Waals surface area contributed by atoms with Crippen molar-refractivity contribution in [2.45, 2.75) is 26.5 Å². The van der Waals surface area contributed by atoms with Crippen molar-refractivity contribution in [3.63, 3.8) is 0 Å². The Morgan fingerprint density at radius 2 is 1.58 bits per heavy atom. The molecule has 8 nitrogen and oxygen atoms in total. The molecule has 5 aromatic rings. The van der Waals surface area contributed by atoms with Gasteiger partial charge in [0.2, 0.25) is 5.13 Å². The average Bonchev–Trinajstić information content (AvgIpc) is 3.56. The molecule has 43 heavy (non-hydrogen) atoms.